The molecule has 6 heteroatoms. The molecule has 0 aliphatic heterocycles. The number of aromatic hydroxyl groups is 1. The number of hydrogen-bond acceptors (Lipinski definition) is 3. The molecule has 0 radical (unpaired) electrons. The lowest BCUT2D eigenvalue weighted by Gasteiger charge is -2.06. The molecule has 0 saturated carbocycles. The highest BCUT2D eigenvalue weighted by molar-refractivity contribution is 6.67. The maximum absolute atomic E-state index is 11.7. The fraction of sp³-hybridized carbons (Fsp3) is 0.125. The van der Waals surface area contributed by atoms with Crippen LogP contribution in [-0.4, -0.2) is 17.0 Å². The van der Waals surface area contributed by atoms with Crippen LogP contribution in [-0.2, 0) is 0 Å². The first-order valence-electron chi connectivity index (χ1n) is 3.48. The van der Waals surface area contributed by atoms with Gasteiger partial charge in [0, 0.05) is 5.56 Å². The molecule has 0 fully saturated rings. The topological polar surface area (TPSA) is 46.5 Å². The van der Waals surface area contributed by atoms with Gasteiger partial charge in [0.25, 0.3) is 5.24 Å². The number of rotatable bonds is 3. The van der Waals surface area contributed by atoms with Crippen LogP contribution in [0, 0.1) is 0 Å². The number of carbonyl (C=O) groups is 1. The van der Waals surface area contributed by atoms with Crippen molar-refractivity contribution in [1.29, 1.82) is 0 Å². The van der Waals surface area contributed by atoms with Gasteiger partial charge in [0.2, 0.25) is 0 Å². The minimum absolute atomic E-state index is 0.00535. The van der Waals surface area contributed by atoms with Crippen LogP contribution in [0.3, 0.4) is 0 Å². The van der Waals surface area contributed by atoms with Crippen LogP contribution in [0.2, 0.25) is 0 Å². The number of hydrogen-bond donors (Lipinski definition) is 1. The van der Waals surface area contributed by atoms with Crippen molar-refractivity contribution in [3.8, 4) is 11.5 Å². The minimum Gasteiger partial charge on any atom is -0.504 e. The van der Waals surface area contributed by atoms with E-state index in [2.05, 4.69) is 4.74 Å². The number of benzene rings is 1. The molecule has 1 rings (SSSR count). The number of ether oxygens (including phenoxy) is 1. The highest BCUT2D eigenvalue weighted by Gasteiger charge is 2.11. The van der Waals surface area contributed by atoms with E-state index in [0.717, 1.165) is 12.1 Å². The molecule has 0 unspecified atom stereocenters. The van der Waals surface area contributed by atoms with Crippen LogP contribution in [0.5, 0.6) is 11.5 Å². The number of phenols is 1. The zero-order chi connectivity index (χ0) is 10.7. The Labute approximate surface area is 82.9 Å². The molecule has 0 heterocycles. The van der Waals surface area contributed by atoms with Gasteiger partial charge in [-0.1, -0.05) is 0 Å². The summed E-state index contributed by atoms with van der Waals surface area (Å²) in [6.07, 6.45) is 0. The minimum atomic E-state index is -3.03. The Kier molecular flexibility index (Phi) is 3.24. The van der Waals surface area contributed by atoms with E-state index < -0.39 is 23.4 Å². The van der Waals surface area contributed by atoms with E-state index in [1.807, 2.05) is 0 Å². The average Bonchev–Trinajstić information content (AvgIpc) is 2.07. The van der Waals surface area contributed by atoms with Crippen LogP contribution in [0.15, 0.2) is 18.2 Å². The van der Waals surface area contributed by atoms with Gasteiger partial charge in [0.15, 0.2) is 11.5 Å². The van der Waals surface area contributed by atoms with E-state index in [1.165, 1.54) is 6.07 Å². The molecule has 1 aromatic carbocycles. The second-order valence-electron chi connectivity index (χ2n) is 2.33. The van der Waals surface area contributed by atoms with Gasteiger partial charge in [-0.05, 0) is 29.8 Å². The Morgan fingerprint density at radius 2 is 2.14 bits per heavy atom. The lowest BCUT2D eigenvalue weighted by Crippen LogP contribution is -2.02. The lowest BCUT2D eigenvalue weighted by atomic mass is 10.2. The third-order valence-corrected chi connectivity index (χ3v) is 1.62. The van der Waals surface area contributed by atoms with Gasteiger partial charge < -0.3 is 9.84 Å². The molecule has 76 valence electrons. The van der Waals surface area contributed by atoms with Gasteiger partial charge in [0.05, 0.1) is 0 Å². The Hall–Kier alpha value is -1.36. The highest BCUT2D eigenvalue weighted by Crippen LogP contribution is 2.28. The molecule has 0 aromatic heterocycles. The van der Waals surface area contributed by atoms with E-state index in [0.29, 0.717) is 0 Å². The first kappa shape index (κ1) is 10.7. The van der Waals surface area contributed by atoms with Crippen molar-refractivity contribution in [2.24, 2.45) is 0 Å². The molecular weight excluding hydrogens is 218 g/mol. The summed E-state index contributed by atoms with van der Waals surface area (Å²) in [4.78, 5) is 10.6. The van der Waals surface area contributed by atoms with Crippen LogP contribution >= 0.6 is 11.6 Å². The van der Waals surface area contributed by atoms with Crippen molar-refractivity contribution in [3.05, 3.63) is 23.8 Å². The summed E-state index contributed by atoms with van der Waals surface area (Å²) >= 11 is 5.09. The molecule has 0 amide bonds. The van der Waals surface area contributed by atoms with Crippen LogP contribution in [0.4, 0.5) is 8.78 Å². The Morgan fingerprint density at radius 3 is 2.57 bits per heavy atom. The van der Waals surface area contributed by atoms with Gasteiger partial charge in [-0.2, -0.15) is 8.78 Å². The van der Waals surface area contributed by atoms with Crippen molar-refractivity contribution < 1.29 is 23.4 Å². The third-order valence-electron chi connectivity index (χ3n) is 1.40. The SMILES string of the molecule is O=C(Cl)c1ccc(OC(F)F)c(O)c1. The molecule has 0 bridgehead atoms. The fourth-order valence-electron chi connectivity index (χ4n) is 0.835. The monoisotopic (exact) mass is 222 g/mol. The summed E-state index contributed by atoms with van der Waals surface area (Å²) in [5.74, 6) is -0.960. The third kappa shape index (κ3) is 2.56. The van der Waals surface area contributed by atoms with Gasteiger partial charge in [-0.3, -0.25) is 4.79 Å². The zero-order valence-electron chi connectivity index (χ0n) is 6.71. The maximum Gasteiger partial charge on any atom is 0.387 e. The van der Waals surface area contributed by atoms with Gasteiger partial charge in [-0.25, -0.2) is 0 Å². The lowest BCUT2D eigenvalue weighted by molar-refractivity contribution is -0.0512. The van der Waals surface area contributed by atoms with Crippen molar-refractivity contribution in [2.75, 3.05) is 0 Å². The summed E-state index contributed by atoms with van der Waals surface area (Å²) in [6, 6.07) is 3.16. The van der Waals surface area contributed by atoms with E-state index in [4.69, 9.17) is 16.7 Å². The summed E-state index contributed by atoms with van der Waals surface area (Å²) in [5, 5.41) is 8.33. The van der Waals surface area contributed by atoms with Crippen LogP contribution in [0.25, 0.3) is 0 Å². The molecule has 1 aromatic rings. The standard InChI is InChI=1S/C8H5ClF2O3/c9-7(13)4-1-2-6(5(12)3-4)14-8(10)11/h1-3,8,12H. The molecule has 0 aliphatic rings. The Morgan fingerprint density at radius 1 is 1.50 bits per heavy atom. The van der Waals surface area contributed by atoms with Gasteiger partial charge in [0.1, 0.15) is 0 Å². The first-order valence-corrected chi connectivity index (χ1v) is 3.86. The molecular formula is C8H5ClF2O3. The molecule has 3 nitrogen and oxygen atoms in total. The van der Waals surface area contributed by atoms with Crippen LogP contribution in [0.1, 0.15) is 10.4 Å². The number of alkyl halides is 2. The number of halogens is 3. The zero-order valence-corrected chi connectivity index (χ0v) is 7.46. The normalized spacial score (nSPS) is 10.3. The molecule has 0 aliphatic carbocycles. The number of carbonyl (C=O) groups excluding carboxylic acids is 1. The average molecular weight is 223 g/mol. The smallest absolute Gasteiger partial charge is 0.387 e. The summed E-state index contributed by atoms with van der Waals surface area (Å²) in [7, 11) is 0. The van der Waals surface area contributed by atoms with Crippen molar-refractivity contribution in [1.82, 2.24) is 0 Å². The molecule has 0 atom stereocenters. The second-order valence-corrected chi connectivity index (χ2v) is 2.68. The van der Waals surface area contributed by atoms with E-state index in [9.17, 15) is 13.6 Å². The van der Waals surface area contributed by atoms with Crippen molar-refractivity contribution in [3.63, 3.8) is 0 Å². The summed E-state index contributed by atoms with van der Waals surface area (Å²) in [6.45, 7) is -3.03. The molecule has 0 saturated heterocycles. The second kappa shape index (κ2) is 4.23. The highest BCUT2D eigenvalue weighted by atomic mass is 35.5. The predicted octanol–water partition coefficient (Wildman–Crippen LogP) is 2.37. The van der Waals surface area contributed by atoms with E-state index in [1.54, 1.807) is 0 Å². The summed E-state index contributed by atoms with van der Waals surface area (Å²) < 4.78 is 27.4. The number of phenolic OH excluding ortho intramolecular Hbond substituents is 1. The van der Waals surface area contributed by atoms with Gasteiger partial charge in [-0.15, -0.1) is 0 Å². The first-order chi connectivity index (χ1) is 6.50. The Balaban J connectivity index is 2.95. The quantitative estimate of drug-likeness (QED) is 0.799. The molecule has 0 spiro atoms. The molecule has 14 heavy (non-hydrogen) atoms. The fourth-order valence-corrected chi connectivity index (χ4v) is 0.953. The largest absolute Gasteiger partial charge is 0.504 e. The maximum atomic E-state index is 11.7. The van der Waals surface area contributed by atoms with E-state index in [-0.39, 0.29) is 5.56 Å². The summed E-state index contributed by atoms with van der Waals surface area (Å²) in [5.41, 5.74) is 0.00535. The van der Waals surface area contributed by atoms with Crippen LogP contribution < -0.4 is 4.74 Å². The van der Waals surface area contributed by atoms with Crippen molar-refractivity contribution >= 4 is 16.8 Å². The predicted molar refractivity (Wildman–Crippen MR) is 44.9 cm³/mol. The molecule has 1 N–H and O–H groups in total. The Bertz CT molecular complexity index is 354. The van der Waals surface area contributed by atoms with E-state index >= 15 is 0 Å². The van der Waals surface area contributed by atoms with Crippen molar-refractivity contribution in [2.45, 2.75) is 6.61 Å². The van der Waals surface area contributed by atoms with Gasteiger partial charge >= 0.3 is 6.61 Å².